The van der Waals surface area contributed by atoms with Gasteiger partial charge in [0.2, 0.25) is 15.9 Å². The molecule has 3 rings (SSSR count). The second-order valence-electron chi connectivity index (χ2n) is 7.04. The van der Waals surface area contributed by atoms with Gasteiger partial charge in [-0.15, -0.1) is 0 Å². The molecule has 0 saturated carbocycles. The third kappa shape index (κ3) is 5.07. The highest BCUT2D eigenvalue weighted by molar-refractivity contribution is 7.89. The Morgan fingerprint density at radius 1 is 1.10 bits per heavy atom. The summed E-state index contributed by atoms with van der Waals surface area (Å²) in [7, 11) is -3.91. The second kappa shape index (κ2) is 8.69. The monoisotopic (exact) mass is 439 g/mol. The summed E-state index contributed by atoms with van der Waals surface area (Å²) in [5.74, 6) is -0.820. The van der Waals surface area contributed by atoms with Crippen molar-refractivity contribution in [2.24, 2.45) is 0 Å². The normalized spacial score (nSPS) is 16.0. The van der Waals surface area contributed by atoms with Crippen LogP contribution in [0.5, 0.6) is 0 Å². The number of benzene rings is 2. The highest BCUT2D eigenvalue weighted by atomic mass is 35.5. The summed E-state index contributed by atoms with van der Waals surface area (Å²) in [5, 5.41) is 0.660. The van der Waals surface area contributed by atoms with Crippen molar-refractivity contribution in [3.63, 3.8) is 0 Å². The number of sulfonamides is 1. The van der Waals surface area contributed by atoms with E-state index in [1.54, 1.807) is 4.90 Å². The minimum Gasteiger partial charge on any atom is -0.368 e. The molecule has 1 N–H and O–H groups in total. The molecule has 0 radical (unpaired) electrons. The van der Waals surface area contributed by atoms with Crippen LogP contribution in [0.25, 0.3) is 0 Å². The van der Waals surface area contributed by atoms with Crippen LogP contribution in [-0.2, 0) is 14.8 Å². The summed E-state index contributed by atoms with van der Waals surface area (Å²) >= 11 is 6.10. The maximum Gasteiger partial charge on any atom is 0.241 e. The van der Waals surface area contributed by atoms with Gasteiger partial charge in [-0.1, -0.05) is 17.7 Å². The quantitative estimate of drug-likeness (QED) is 0.777. The second-order valence-corrected chi connectivity index (χ2v) is 9.19. The van der Waals surface area contributed by atoms with Crippen molar-refractivity contribution in [3.8, 4) is 0 Å². The van der Waals surface area contributed by atoms with Crippen LogP contribution in [0.15, 0.2) is 47.4 Å². The van der Waals surface area contributed by atoms with E-state index in [9.17, 15) is 17.6 Å². The minimum atomic E-state index is -3.91. The molecule has 2 aromatic carbocycles. The fourth-order valence-corrected chi connectivity index (χ4v) is 4.69. The third-order valence-corrected chi connectivity index (χ3v) is 6.72. The number of nitrogens with zero attached hydrogens (tertiary/aromatic N) is 2. The molecule has 1 amide bonds. The summed E-state index contributed by atoms with van der Waals surface area (Å²) in [4.78, 5) is 16.5. The third-order valence-electron chi connectivity index (χ3n) is 4.93. The number of halogens is 2. The van der Waals surface area contributed by atoms with E-state index in [-0.39, 0.29) is 10.8 Å². The van der Waals surface area contributed by atoms with Crippen LogP contribution >= 0.6 is 11.6 Å². The molecular weight excluding hydrogens is 417 g/mol. The fourth-order valence-electron chi connectivity index (χ4n) is 3.33. The Bertz CT molecular complexity index is 991. The predicted octanol–water partition coefficient (Wildman–Crippen LogP) is 2.80. The average molecular weight is 440 g/mol. The zero-order chi connectivity index (χ0) is 21.2. The van der Waals surface area contributed by atoms with Gasteiger partial charge in [0, 0.05) is 36.9 Å². The molecule has 6 nitrogen and oxygen atoms in total. The van der Waals surface area contributed by atoms with Crippen molar-refractivity contribution in [1.82, 2.24) is 9.62 Å². The molecule has 0 bridgehead atoms. The SMILES string of the molecule is Cc1ccc(Cl)cc1N1CCN(C(=O)[C@H](C)NS(=O)(=O)c2ccc(F)cc2)CC1. The number of rotatable bonds is 5. The van der Waals surface area contributed by atoms with Gasteiger partial charge in [0.05, 0.1) is 10.9 Å². The molecule has 0 aromatic heterocycles. The summed E-state index contributed by atoms with van der Waals surface area (Å²) in [5.41, 5.74) is 2.14. The largest absolute Gasteiger partial charge is 0.368 e. The summed E-state index contributed by atoms with van der Waals surface area (Å²) in [6.45, 7) is 5.74. The zero-order valence-electron chi connectivity index (χ0n) is 16.2. The molecule has 1 atom stereocenters. The van der Waals surface area contributed by atoms with Crippen molar-refractivity contribution >= 4 is 33.2 Å². The van der Waals surface area contributed by atoms with Crippen LogP contribution in [0.3, 0.4) is 0 Å². The van der Waals surface area contributed by atoms with Gasteiger partial charge in [0.25, 0.3) is 0 Å². The molecular formula is C20H23ClFN3O3S. The van der Waals surface area contributed by atoms with E-state index in [1.807, 2.05) is 25.1 Å². The number of carbonyl (C=O) groups excluding carboxylic acids is 1. The molecule has 0 unspecified atom stereocenters. The first-order valence-corrected chi connectivity index (χ1v) is 11.1. The van der Waals surface area contributed by atoms with E-state index in [2.05, 4.69) is 9.62 Å². The van der Waals surface area contributed by atoms with Crippen molar-refractivity contribution < 1.29 is 17.6 Å². The number of hydrogen-bond acceptors (Lipinski definition) is 4. The number of amides is 1. The Morgan fingerprint density at radius 2 is 1.72 bits per heavy atom. The fraction of sp³-hybridized carbons (Fsp3) is 0.350. The molecule has 0 spiro atoms. The molecule has 1 saturated heterocycles. The molecule has 9 heteroatoms. The van der Waals surface area contributed by atoms with Gasteiger partial charge < -0.3 is 9.80 Å². The Kier molecular flexibility index (Phi) is 6.45. The van der Waals surface area contributed by atoms with E-state index in [4.69, 9.17) is 11.6 Å². The van der Waals surface area contributed by atoms with E-state index < -0.39 is 21.9 Å². The predicted molar refractivity (Wildman–Crippen MR) is 111 cm³/mol. The van der Waals surface area contributed by atoms with Crippen molar-refractivity contribution in [2.75, 3.05) is 31.1 Å². The molecule has 156 valence electrons. The molecule has 1 heterocycles. The number of anilines is 1. The van der Waals surface area contributed by atoms with Gasteiger partial charge in [0.15, 0.2) is 0 Å². The molecule has 1 fully saturated rings. The number of hydrogen-bond donors (Lipinski definition) is 1. The summed E-state index contributed by atoms with van der Waals surface area (Å²) in [6, 6.07) is 9.26. The standard InChI is InChI=1S/C20H23ClFN3O3S/c1-14-3-4-16(21)13-19(14)24-9-11-25(12-10-24)20(26)15(2)23-29(27,28)18-7-5-17(22)6-8-18/h3-8,13,15,23H,9-12H2,1-2H3/t15-/m0/s1. The van der Waals surface area contributed by atoms with Crippen molar-refractivity contribution in [3.05, 3.63) is 58.9 Å². The maximum atomic E-state index is 13.0. The zero-order valence-corrected chi connectivity index (χ0v) is 17.8. The number of aryl methyl sites for hydroxylation is 1. The Balaban J connectivity index is 1.61. The Hall–Kier alpha value is -2.16. The Morgan fingerprint density at radius 3 is 2.34 bits per heavy atom. The lowest BCUT2D eigenvalue weighted by molar-refractivity contribution is -0.132. The van der Waals surface area contributed by atoms with Gasteiger partial charge in [-0.3, -0.25) is 4.79 Å². The lowest BCUT2D eigenvalue weighted by Crippen LogP contribution is -2.54. The van der Waals surface area contributed by atoms with Gasteiger partial charge in [0.1, 0.15) is 5.82 Å². The highest BCUT2D eigenvalue weighted by Gasteiger charge is 2.28. The maximum absolute atomic E-state index is 13.0. The van der Waals surface area contributed by atoms with E-state index >= 15 is 0 Å². The van der Waals surface area contributed by atoms with Crippen molar-refractivity contribution in [2.45, 2.75) is 24.8 Å². The van der Waals surface area contributed by atoms with Crippen LogP contribution in [-0.4, -0.2) is 51.4 Å². The van der Waals surface area contributed by atoms with Gasteiger partial charge in [-0.2, -0.15) is 4.72 Å². The lowest BCUT2D eigenvalue weighted by atomic mass is 10.1. The topological polar surface area (TPSA) is 69.7 Å². The van der Waals surface area contributed by atoms with Crippen LogP contribution in [0.1, 0.15) is 12.5 Å². The van der Waals surface area contributed by atoms with E-state index in [0.717, 1.165) is 23.4 Å². The van der Waals surface area contributed by atoms with Gasteiger partial charge in [-0.05, 0) is 55.8 Å². The average Bonchev–Trinajstić information content (AvgIpc) is 2.69. The van der Waals surface area contributed by atoms with Gasteiger partial charge in [-0.25, -0.2) is 12.8 Å². The van der Waals surface area contributed by atoms with E-state index in [0.29, 0.717) is 31.2 Å². The summed E-state index contributed by atoms with van der Waals surface area (Å²) < 4.78 is 40.2. The van der Waals surface area contributed by atoms with E-state index in [1.165, 1.54) is 19.1 Å². The van der Waals surface area contributed by atoms with Crippen LogP contribution in [0.4, 0.5) is 10.1 Å². The van der Waals surface area contributed by atoms with Crippen LogP contribution in [0, 0.1) is 12.7 Å². The minimum absolute atomic E-state index is 0.0835. The van der Waals surface area contributed by atoms with Crippen LogP contribution < -0.4 is 9.62 Å². The first-order valence-electron chi connectivity index (χ1n) is 9.25. The lowest BCUT2D eigenvalue weighted by Gasteiger charge is -2.37. The molecule has 29 heavy (non-hydrogen) atoms. The summed E-state index contributed by atoms with van der Waals surface area (Å²) in [6.07, 6.45) is 0. The van der Waals surface area contributed by atoms with Gasteiger partial charge >= 0.3 is 0 Å². The Labute approximate surface area is 175 Å². The molecule has 0 aliphatic carbocycles. The molecule has 2 aromatic rings. The smallest absolute Gasteiger partial charge is 0.241 e. The highest BCUT2D eigenvalue weighted by Crippen LogP contribution is 2.25. The number of piperazine rings is 1. The molecule has 1 aliphatic heterocycles. The van der Waals surface area contributed by atoms with Crippen LogP contribution in [0.2, 0.25) is 5.02 Å². The van der Waals surface area contributed by atoms with Crippen molar-refractivity contribution in [1.29, 1.82) is 0 Å². The molecule has 1 aliphatic rings. The first kappa shape index (κ1) is 21.5. The number of carbonyl (C=O) groups is 1. The first-order chi connectivity index (χ1) is 13.7. The number of nitrogens with one attached hydrogen (secondary N) is 1.